The van der Waals surface area contributed by atoms with E-state index < -0.39 is 21.4 Å². The fourth-order valence-corrected chi connectivity index (χ4v) is 3.45. The molecule has 126 valence electrons. The minimum absolute atomic E-state index is 0.0361. The van der Waals surface area contributed by atoms with Crippen LogP contribution < -0.4 is 9.44 Å². The van der Waals surface area contributed by atoms with Gasteiger partial charge in [0.2, 0.25) is 10.0 Å². The molecular formula is C15H26N2O3S2. The Bertz CT molecular complexity index is 610. The SMILES string of the molecule is CC[C@@H](N[S@+]([O-])C(C)(C)C)c1ccc(NS(C)(=O)=O)c(C)c1. The number of sulfonamides is 1. The van der Waals surface area contributed by atoms with Crippen molar-refractivity contribution in [2.75, 3.05) is 11.0 Å². The first-order valence-corrected chi connectivity index (χ1v) is 10.2. The lowest BCUT2D eigenvalue weighted by Gasteiger charge is -2.28. The molecule has 0 unspecified atom stereocenters. The van der Waals surface area contributed by atoms with E-state index in [-0.39, 0.29) is 10.8 Å². The molecular weight excluding hydrogens is 320 g/mol. The van der Waals surface area contributed by atoms with Gasteiger partial charge in [0.15, 0.2) is 0 Å². The van der Waals surface area contributed by atoms with E-state index in [0.29, 0.717) is 5.69 Å². The second-order valence-electron chi connectivity index (χ2n) is 6.41. The van der Waals surface area contributed by atoms with Crippen LogP contribution in [0.25, 0.3) is 0 Å². The Morgan fingerprint density at radius 3 is 2.32 bits per heavy atom. The minimum atomic E-state index is -3.29. The highest BCUT2D eigenvalue weighted by molar-refractivity contribution is 7.92. The van der Waals surface area contributed by atoms with Crippen molar-refractivity contribution in [3.05, 3.63) is 29.3 Å². The summed E-state index contributed by atoms with van der Waals surface area (Å²) in [6.07, 6.45) is 1.92. The molecule has 0 amide bonds. The Hall–Kier alpha value is -0.760. The fraction of sp³-hybridized carbons (Fsp3) is 0.600. The Morgan fingerprint density at radius 2 is 1.91 bits per heavy atom. The summed E-state index contributed by atoms with van der Waals surface area (Å²) in [4.78, 5) is 0. The van der Waals surface area contributed by atoms with Crippen molar-refractivity contribution >= 4 is 27.1 Å². The lowest BCUT2D eigenvalue weighted by Crippen LogP contribution is -2.41. The molecule has 1 aromatic rings. The number of hydrogen-bond acceptors (Lipinski definition) is 4. The standard InChI is InChI=1S/C15H26N2O3S2/c1-7-13(16-21(18)15(3,4)5)12-8-9-14(11(2)10-12)17-22(6,19)20/h8-10,13,16-17H,7H2,1-6H3/t13-,21-/m1/s1. The molecule has 0 saturated carbocycles. The van der Waals surface area contributed by atoms with Gasteiger partial charge in [-0.15, -0.1) is 4.72 Å². The zero-order chi connectivity index (χ0) is 17.1. The lowest BCUT2D eigenvalue weighted by molar-refractivity contribution is 0.518. The average Bonchev–Trinajstić information content (AvgIpc) is 2.35. The maximum atomic E-state index is 12.3. The van der Waals surface area contributed by atoms with Crippen molar-refractivity contribution in [3.63, 3.8) is 0 Å². The zero-order valence-electron chi connectivity index (χ0n) is 14.1. The topological polar surface area (TPSA) is 81.3 Å². The Morgan fingerprint density at radius 1 is 1.32 bits per heavy atom. The molecule has 0 aliphatic heterocycles. The van der Waals surface area contributed by atoms with E-state index in [9.17, 15) is 13.0 Å². The maximum absolute atomic E-state index is 12.3. The summed E-state index contributed by atoms with van der Waals surface area (Å²) in [7, 11) is -3.29. The zero-order valence-corrected chi connectivity index (χ0v) is 15.7. The molecule has 1 rings (SSSR count). The predicted octanol–water partition coefficient (Wildman–Crippen LogP) is 2.87. The van der Waals surface area contributed by atoms with E-state index in [1.54, 1.807) is 6.07 Å². The third-order valence-electron chi connectivity index (χ3n) is 3.16. The van der Waals surface area contributed by atoms with Gasteiger partial charge in [-0.3, -0.25) is 4.72 Å². The van der Waals surface area contributed by atoms with Crippen molar-refractivity contribution in [1.82, 2.24) is 4.72 Å². The summed E-state index contributed by atoms with van der Waals surface area (Å²) in [5.74, 6) is 0. The van der Waals surface area contributed by atoms with Gasteiger partial charge in [0.1, 0.15) is 4.75 Å². The Balaban J connectivity index is 2.98. The van der Waals surface area contributed by atoms with Crippen molar-refractivity contribution in [3.8, 4) is 0 Å². The highest BCUT2D eigenvalue weighted by atomic mass is 32.2. The van der Waals surface area contributed by atoms with E-state index >= 15 is 0 Å². The van der Waals surface area contributed by atoms with Crippen molar-refractivity contribution in [1.29, 1.82) is 0 Å². The molecule has 0 aliphatic rings. The van der Waals surface area contributed by atoms with Gasteiger partial charge in [-0.05, 0) is 51.3 Å². The molecule has 22 heavy (non-hydrogen) atoms. The fourth-order valence-electron chi connectivity index (χ4n) is 1.91. The lowest BCUT2D eigenvalue weighted by atomic mass is 10.0. The van der Waals surface area contributed by atoms with Gasteiger partial charge in [-0.25, -0.2) is 8.42 Å². The molecule has 7 heteroatoms. The summed E-state index contributed by atoms with van der Waals surface area (Å²) in [5, 5.41) is 0. The highest BCUT2D eigenvalue weighted by Crippen LogP contribution is 2.26. The van der Waals surface area contributed by atoms with Crippen LogP contribution in [0.1, 0.15) is 51.3 Å². The second kappa shape index (κ2) is 7.21. The average molecular weight is 347 g/mol. The highest BCUT2D eigenvalue weighted by Gasteiger charge is 2.29. The molecule has 0 radical (unpaired) electrons. The molecule has 0 heterocycles. The Labute approximate surface area is 137 Å². The van der Waals surface area contributed by atoms with Crippen molar-refractivity contribution in [2.45, 2.75) is 51.8 Å². The third kappa shape index (κ3) is 5.79. The molecule has 0 aromatic heterocycles. The molecule has 5 nitrogen and oxygen atoms in total. The Kier molecular flexibility index (Phi) is 6.32. The smallest absolute Gasteiger partial charge is 0.229 e. The first-order chi connectivity index (χ1) is 9.94. The van der Waals surface area contributed by atoms with Crippen LogP contribution in [0.3, 0.4) is 0 Å². The van der Waals surface area contributed by atoms with Gasteiger partial charge in [0.05, 0.1) is 18.0 Å². The van der Waals surface area contributed by atoms with Gasteiger partial charge in [0.25, 0.3) is 0 Å². The van der Waals surface area contributed by atoms with Gasteiger partial charge < -0.3 is 4.55 Å². The van der Waals surface area contributed by atoms with E-state index in [4.69, 9.17) is 0 Å². The number of nitrogens with one attached hydrogen (secondary N) is 2. The molecule has 0 bridgehead atoms. The van der Waals surface area contributed by atoms with Crippen LogP contribution in [-0.4, -0.2) is 24.0 Å². The van der Waals surface area contributed by atoms with Gasteiger partial charge in [0, 0.05) is 11.4 Å². The largest absolute Gasteiger partial charge is 0.598 e. The van der Waals surface area contributed by atoms with Gasteiger partial charge in [-0.2, -0.15) is 0 Å². The number of hydrogen-bond donors (Lipinski definition) is 2. The van der Waals surface area contributed by atoms with Crippen LogP contribution in [0.4, 0.5) is 5.69 Å². The van der Waals surface area contributed by atoms with Crippen LogP contribution in [0.5, 0.6) is 0 Å². The summed E-state index contributed by atoms with van der Waals surface area (Å²) in [6, 6.07) is 5.50. The molecule has 1 aromatic carbocycles. The first-order valence-electron chi connectivity index (χ1n) is 7.20. The number of anilines is 1. The van der Waals surface area contributed by atoms with Gasteiger partial charge >= 0.3 is 0 Å². The molecule has 2 N–H and O–H groups in total. The van der Waals surface area contributed by atoms with Crippen LogP contribution in [0, 0.1) is 6.92 Å². The van der Waals surface area contributed by atoms with E-state index in [1.807, 2.05) is 46.8 Å². The summed E-state index contributed by atoms with van der Waals surface area (Å²) in [5.41, 5.74) is 2.40. The monoisotopic (exact) mass is 346 g/mol. The number of aryl methyl sites for hydroxylation is 1. The van der Waals surface area contributed by atoms with Crippen LogP contribution in [-0.2, 0) is 21.4 Å². The van der Waals surface area contributed by atoms with Crippen LogP contribution in [0.15, 0.2) is 18.2 Å². The first kappa shape index (κ1) is 19.3. The second-order valence-corrected chi connectivity index (χ2v) is 10.2. The summed E-state index contributed by atoms with van der Waals surface area (Å²) < 4.78 is 40.2. The summed E-state index contributed by atoms with van der Waals surface area (Å²) >= 11 is -1.16. The number of rotatable bonds is 6. The van der Waals surface area contributed by atoms with Crippen LogP contribution in [0.2, 0.25) is 0 Å². The van der Waals surface area contributed by atoms with Crippen LogP contribution >= 0.6 is 0 Å². The van der Waals surface area contributed by atoms with Crippen molar-refractivity contribution in [2.24, 2.45) is 0 Å². The molecule has 0 spiro atoms. The van der Waals surface area contributed by atoms with E-state index in [2.05, 4.69) is 9.44 Å². The maximum Gasteiger partial charge on any atom is 0.229 e. The minimum Gasteiger partial charge on any atom is -0.598 e. The summed E-state index contributed by atoms with van der Waals surface area (Å²) in [6.45, 7) is 9.65. The van der Waals surface area contributed by atoms with E-state index in [1.165, 1.54) is 0 Å². The molecule has 0 fully saturated rings. The van der Waals surface area contributed by atoms with Crippen molar-refractivity contribution < 1.29 is 13.0 Å². The normalized spacial score (nSPS) is 15.4. The third-order valence-corrected chi connectivity index (χ3v) is 5.36. The quantitative estimate of drug-likeness (QED) is 0.776. The predicted molar refractivity (Wildman–Crippen MR) is 93.7 cm³/mol. The van der Waals surface area contributed by atoms with E-state index in [0.717, 1.165) is 23.8 Å². The molecule has 2 atom stereocenters. The molecule has 0 saturated heterocycles. The molecule has 0 aliphatic carbocycles. The number of benzene rings is 1. The van der Waals surface area contributed by atoms with Gasteiger partial charge in [-0.1, -0.05) is 19.1 Å².